The molecule has 1 fully saturated rings. The number of amides is 1. The van der Waals surface area contributed by atoms with Crippen LogP contribution in [0.3, 0.4) is 0 Å². The molecule has 1 aliphatic rings. The maximum absolute atomic E-state index is 12.7. The van der Waals surface area contributed by atoms with Crippen LogP contribution in [0.1, 0.15) is 36.0 Å². The van der Waals surface area contributed by atoms with Crippen LogP contribution in [0.5, 0.6) is 0 Å². The van der Waals surface area contributed by atoms with E-state index in [1.807, 2.05) is 21.8 Å². The Balaban J connectivity index is 1.53. The number of aryl methyl sites for hydroxylation is 1. The first kappa shape index (κ1) is 17.7. The number of ketones is 1. The zero-order valence-corrected chi connectivity index (χ0v) is 14.9. The van der Waals surface area contributed by atoms with E-state index in [2.05, 4.69) is 5.10 Å². The van der Waals surface area contributed by atoms with Crippen molar-refractivity contribution in [2.24, 2.45) is 5.92 Å². The number of Topliss-reactive ketones (excluding diaryl/α,β-unsaturated/α-hetero) is 1. The van der Waals surface area contributed by atoms with Crippen molar-refractivity contribution >= 4 is 23.3 Å². The first-order chi connectivity index (χ1) is 12.1. The van der Waals surface area contributed by atoms with E-state index in [0.29, 0.717) is 23.6 Å². The van der Waals surface area contributed by atoms with Crippen LogP contribution in [0.25, 0.3) is 0 Å². The third-order valence-electron chi connectivity index (χ3n) is 4.59. The van der Waals surface area contributed by atoms with Crippen LogP contribution in [-0.2, 0) is 11.3 Å². The predicted molar refractivity (Wildman–Crippen MR) is 96.5 cm³/mol. The average molecular weight is 360 g/mol. The van der Waals surface area contributed by atoms with E-state index in [4.69, 9.17) is 11.6 Å². The highest BCUT2D eigenvalue weighted by Crippen LogP contribution is 2.23. The number of piperidine rings is 1. The average Bonchev–Trinajstić information content (AvgIpc) is 3.14. The van der Waals surface area contributed by atoms with Crippen LogP contribution < -0.4 is 0 Å². The Bertz CT molecular complexity index is 730. The molecule has 1 aromatic carbocycles. The van der Waals surface area contributed by atoms with Gasteiger partial charge in [0, 0.05) is 55.0 Å². The van der Waals surface area contributed by atoms with Crippen LogP contribution in [0.2, 0.25) is 5.02 Å². The van der Waals surface area contributed by atoms with Gasteiger partial charge in [-0.15, -0.1) is 0 Å². The largest absolute Gasteiger partial charge is 0.342 e. The predicted octanol–water partition coefficient (Wildman–Crippen LogP) is 3.44. The maximum atomic E-state index is 12.7. The smallest absolute Gasteiger partial charge is 0.222 e. The van der Waals surface area contributed by atoms with Gasteiger partial charge in [0.2, 0.25) is 5.91 Å². The van der Waals surface area contributed by atoms with Crippen molar-refractivity contribution in [3.63, 3.8) is 0 Å². The Morgan fingerprint density at radius 3 is 2.92 bits per heavy atom. The molecule has 0 spiro atoms. The minimum Gasteiger partial charge on any atom is -0.342 e. The third-order valence-corrected chi connectivity index (χ3v) is 4.83. The Morgan fingerprint density at radius 2 is 2.16 bits per heavy atom. The number of rotatable bonds is 6. The van der Waals surface area contributed by atoms with E-state index < -0.39 is 0 Å². The molecule has 1 aliphatic heterocycles. The number of carbonyl (C=O) groups is 2. The number of carbonyl (C=O) groups excluding carboxylic acids is 2. The third kappa shape index (κ3) is 4.69. The van der Waals surface area contributed by atoms with Crippen molar-refractivity contribution in [3.05, 3.63) is 53.3 Å². The molecule has 2 heterocycles. The Labute approximate surface area is 152 Å². The Morgan fingerprint density at radius 1 is 1.28 bits per heavy atom. The Hall–Kier alpha value is -2.14. The van der Waals surface area contributed by atoms with Gasteiger partial charge < -0.3 is 4.90 Å². The van der Waals surface area contributed by atoms with Gasteiger partial charge in [-0.25, -0.2) is 0 Å². The summed E-state index contributed by atoms with van der Waals surface area (Å²) < 4.78 is 1.83. The molecule has 132 valence electrons. The minimum atomic E-state index is -0.137. The molecule has 0 bridgehead atoms. The molecule has 0 N–H and O–H groups in total. The molecule has 0 aliphatic carbocycles. The van der Waals surface area contributed by atoms with Crippen LogP contribution in [0.4, 0.5) is 0 Å². The molecular weight excluding hydrogens is 338 g/mol. The van der Waals surface area contributed by atoms with Crippen LogP contribution >= 0.6 is 11.6 Å². The summed E-state index contributed by atoms with van der Waals surface area (Å²) in [6.45, 7) is 1.98. The van der Waals surface area contributed by atoms with E-state index in [1.54, 1.807) is 30.5 Å². The summed E-state index contributed by atoms with van der Waals surface area (Å²) in [5.41, 5.74) is 0.630. The van der Waals surface area contributed by atoms with Gasteiger partial charge in [0.05, 0.1) is 0 Å². The normalized spacial score (nSPS) is 17.5. The van der Waals surface area contributed by atoms with Crippen molar-refractivity contribution < 1.29 is 9.59 Å². The van der Waals surface area contributed by atoms with Crippen LogP contribution in [-0.4, -0.2) is 39.5 Å². The number of halogens is 1. The summed E-state index contributed by atoms with van der Waals surface area (Å²) in [6.07, 6.45) is 6.55. The molecule has 1 aromatic heterocycles. The molecule has 2 aromatic rings. The van der Waals surface area contributed by atoms with E-state index in [-0.39, 0.29) is 17.6 Å². The van der Waals surface area contributed by atoms with Crippen molar-refractivity contribution in [1.82, 2.24) is 14.7 Å². The second kappa shape index (κ2) is 8.30. The molecule has 5 nitrogen and oxygen atoms in total. The highest BCUT2D eigenvalue weighted by Gasteiger charge is 2.28. The fourth-order valence-electron chi connectivity index (χ4n) is 3.28. The molecule has 25 heavy (non-hydrogen) atoms. The van der Waals surface area contributed by atoms with Gasteiger partial charge in [-0.1, -0.05) is 23.7 Å². The topological polar surface area (TPSA) is 55.2 Å². The molecule has 1 saturated heterocycles. The molecule has 6 heteroatoms. The molecule has 3 rings (SSSR count). The van der Waals surface area contributed by atoms with E-state index in [9.17, 15) is 9.59 Å². The van der Waals surface area contributed by atoms with Crippen LogP contribution in [0, 0.1) is 5.92 Å². The van der Waals surface area contributed by atoms with Gasteiger partial charge >= 0.3 is 0 Å². The van der Waals surface area contributed by atoms with E-state index in [0.717, 1.165) is 32.4 Å². The van der Waals surface area contributed by atoms with Gasteiger partial charge in [-0.2, -0.15) is 5.10 Å². The summed E-state index contributed by atoms with van der Waals surface area (Å²) in [7, 11) is 0. The number of benzene rings is 1. The summed E-state index contributed by atoms with van der Waals surface area (Å²) in [5.74, 6) is 0.0644. The molecule has 1 atom stereocenters. The molecular formula is C19H22ClN3O2. The van der Waals surface area contributed by atoms with Crippen molar-refractivity contribution in [1.29, 1.82) is 0 Å². The quantitative estimate of drug-likeness (QED) is 0.742. The molecule has 0 radical (unpaired) electrons. The second-order valence-electron chi connectivity index (χ2n) is 6.43. The highest BCUT2D eigenvalue weighted by atomic mass is 35.5. The summed E-state index contributed by atoms with van der Waals surface area (Å²) in [6, 6.07) is 8.91. The monoisotopic (exact) mass is 359 g/mol. The van der Waals surface area contributed by atoms with Gasteiger partial charge in [0.1, 0.15) is 0 Å². The second-order valence-corrected chi connectivity index (χ2v) is 6.86. The van der Waals surface area contributed by atoms with Crippen molar-refractivity contribution in [3.8, 4) is 0 Å². The van der Waals surface area contributed by atoms with Crippen LogP contribution in [0.15, 0.2) is 42.7 Å². The van der Waals surface area contributed by atoms with Gasteiger partial charge in [-0.3, -0.25) is 14.3 Å². The Kier molecular flexibility index (Phi) is 5.87. The highest BCUT2D eigenvalue weighted by molar-refractivity contribution is 6.31. The summed E-state index contributed by atoms with van der Waals surface area (Å²) >= 11 is 5.98. The van der Waals surface area contributed by atoms with Gasteiger partial charge in [0.15, 0.2) is 5.78 Å². The lowest BCUT2D eigenvalue weighted by Crippen LogP contribution is -2.42. The number of aromatic nitrogens is 2. The minimum absolute atomic E-state index is 0.0801. The fourth-order valence-corrected chi connectivity index (χ4v) is 3.47. The van der Waals surface area contributed by atoms with Crippen molar-refractivity contribution in [2.45, 2.75) is 32.2 Å². The molecule has 0 saturated carbocycles. The number of nitrogens with zero attached hydrogens (tertiary/aromatic N) is 3. The first-order valence-electron chi connectivity index (χ1n) is 8.68. The van der Waals surface area contributed by atoms with E-state index in [1.165, 1.54) is 0 Å². The lowest BCUT2D eigenvalue weighted by atomic mass is 9.90. The number of hydrogen-bond acceptors (Lipinski definition) is 3. The number of hydrogen-bond donors (Lipinski definition) is 0. The summed E-state index contributed by atoms with van der Waals surface area (Å²) in [4.78, 5) is 27.0. The first-order valence-corrected chi connectivity index (χ1v) is 9.06. The molecule has 1 amide bonds. The zero-order valence-electron chi connectivity index (χ0n) is 14.1. The van der Waals surface area contributed by atoms with E-state index >= 15 is 0 Å². The lowest BCUT2D eigenvalue weighted by Gasteiger charge is -2.32. The SMILES string of the molecule is O=C(c1cccc(Cl)c1)C1CCCN(C(=O)CCCn2cccn2)C1. The lowest BCUT2D eigenvalue weighted by molar-refractivity contribution is -0.132. The van der Waals surface area contributed by atoms with Gasteiger partial charge in [0.25, 0.3) is 0 Å². The van der Waals surface area contributed by atoms with Gasteiger partial charge in [-0.05, 0) is 37.5 Å². The molecule has 1 unspecified atom stereocenters. The summed E-state index contributed by atoms with van der Waals surface area (Å²) in [5, 5.41) is 4.70. The maximum Gasteiger partial charge on any atom is 0.222 e. The number of likely N-dealkylation sites (tertiary alicyclic amines) is 1. The fraction of sp³-hybridized carbons (Fsp3) is 0.421. The zero-order chi connectivity index (χ0) is 17.6. The van der Waals surface area contributed by atoms with Crippen molar-refractivity contribution in [2.75, 3.05) is 13.1 Å². The standard InChI is InChI=1S/C19H22ClN3O2/c20-17-7-1-5-15(13-17)19(25)16-6-2-10-22(14-16)18(24)8-3-11-23-12-4-9-21-23/h1,4-5,7,9,12-13,16H,2-3,6,8,10-11,14H2.